The molecule has 3 heterocycles. The molecule has 3 aromatic rings. The number of carbonyl (C=O) groups is 2. The van der Waals surface area contributed by atoms with Crippen molar-refractivity contribution in [2.45, 2.75) is 56.2 Å². The van der Waals surface area contributed by atoms with Crippen molar-refractivity contribution in [3.05, 3.63) is 95.1 Å². The number of hydrogen-bond donors (Lipinski definition) is 1. The van der Waals surface area contributed by atoms with Gasteiger partial charge >= 0.3 is 18.4 Å². The minimum atomic E-state index is -5.05. The molecule has 3 atom stereocenters. The van der Waals surface area contributed by atoms with E-state index in [0.29, 0.717) is 55.9 Å². The first-order valence-electron chi connectivity index (χ1n) is 17.1. The van der Waals surface area contributed by atoms with Crippen LogP contribution in [0.3, 0.4) is 0 Å². The second-order valence-corrected chi connectivity index (χ2v) is 13.4. The second-order valence-electron chi connectivity index (χ2n) is 13.4. The first-order chi connectivity index (χ1) is 24.3. The summed E-state index contributed by atoms with van der Waals surface area (Å²) >= 11 is 0. The Balaban J connectivity index is 1.10. The van der Waals surface area contributed by atoms with Crippen LogP contribution in [-0.4, -0.2) is 103 Å². The minimum Gasteiger partial charge on any atom is -0.497 e. The Bertz CT molecular complexity index is 1650. The topological polar surface area (TPSA) is 68.4 Å². The highest BCUT2D eigenvalue weighted by Gasteiger charge is 2.41. The van der Waals surface area contributed by atoms with E-state index in [-0.39, 0.29) is 30.7 Å². The van der Waals surface area contributed by atoms with Crippen molar-refractivity contribution in [2.24, 2.45) is 0 Å². The summed E-state index contributed by atoms with van der Waals surface area (Å²) < 4.78 is 87.0. The Morgan fingerprint density at radius 3 is 2.02 bits per heavy atom. The van der Waals surface area contributed by atoms with Crippen LogP contribution in [0.2, 0.25) is 0 Å². The van der Waals surface area contributed by atoms with Gasteiger partial charge in [0.15, 0.2) is 0 Å². The molecule has 3 unspecified atom stereocenters. The van der Waals surface area contributed by atoms with Gasteiger partial charge in [0.2, 0.25) is 0 Å². The van der Waals surface area contributed by atoms with Gasteiger partial charge in [0.05, 0.1) is 18.2 Å². The first-order valence-corrected chi connectivity index (χ1v) is 17.1. The molecule has 274 valence electrons. The molecule has 3 aliphatic rings. The van der Waals surface area contributed by atoms with Crippen LogP contribution in [0.4, 0.5) is 36.8 Å². The number of piperazine rings is 1. The van der Waals surface area contributed by atoms with Gasteiger partial charge in [-0.05, 0) is 61.6 Å². The van der Waals surface area contributed by atoms with E-state index in [4.69, 9.17) is 4.74 Å². The summed E-state index contributed by atoms with van der Waals surface area (Å²) in [5.74, 6) is -0.180. The number of nitrogens with one attached hydrogen (secondary N) is 1. The Kier molecular flexibility index (Phi) is 10.8. The van der Waals surface area contributed by atoms with E-state index in [9.17, 15) is 35.9 Å². The van der Waals surface area contributed by atoms with Crippen LogP contribution < -0.4 is 10.1 Å². The van der Waals surface area contributed by atoms with Gasteiger partial charge in [0.1, 0.15) is 5.75 Å². The maximum Gasteiger partial charge on any atom is 0.416 e. The van der Waals surface area contributed by atoms with Crippen LogP contribution in [0, 0.1) is 0 Å². The fraction of sp³-hybridized carbons (Fsp3) is 0.459. The highest BCUT2D eigenvalue weighted by Crippen LogP contribution is 2.37. The van der Waals surface area contributed by atoms with E-state index in [1.165, 1.54) is 4.90 Å². The van der Waals surface area contributed by atoms with Crippen LogP contribution in [0.15, 0.2) is 72.8 Å². The summed E-state index contributed by atoms with van der Waals surface area (Å²) in [6.07, 6.45) is -7.73. The fourth-order valence-corrected chi connectivity index (χ4v) is 7.55. The molecule has 0 aliphatic carbocycles. The van der Waals surface area contributed by atoms with Gasteiger partial charge in [0, 0.05) is 81.3 Å². The maximum atomic E-state index is 13.8. The molecular formula is C37H41F6N5O3. The highest BCUT2D eigenvalue weighted by molar-refractivity contribution is 5.95. The van der Waals surface area contributed by atoms with Gasteiger partial charge in [-0.1, -0.05) is 36.4 Å². The van der Waals surface area contributed by atoms with Gasteiger partial charge in [-0.25, -0.2) is 4.79 Å². The third kappa shape index (κ3) is 8.78. The van der Waals surface area contributed by atoms with E-state index in [0.717, 1.165) is 38.2 Å². The number of ether oxygens (including phenoxy) is 1. The molecule has 0 aromatic heterocycles. The van der Waals surface area contributed by atoms with Crippen LogP contribution in [0.1, 0.15) is 46.3 Å². The number of urea groups is 1. The monoisotopic (exact) mass is 717 g/mol. The van der Waals surface area contributed by atoms with Crippen molar-refractivity contribution < 1.29 is 40.7 Å². The quantitative estimate of drug-likeness (QED) is 0.271. The zero-order valence-electron chi connectivity index (χ0n) is 28.2. The third-order valence-electron chi connectivity index (χ3n) is 10.3. The number of rotatable bonds is 7. The normalized spacial score (nSPS) is 22.2. The summed E-state index contributed by atoms with van der Waals surface area (Å²) in [5.41, 5.74) is -2.04. The number of halogens is 6. The molecule has 0 saturated carbocycles. The Hall–Kier alpha value is -4.30. The summed E-state index contributed by atoms with van der Waals surface area (Å²) in [5, 5.41) is 2.95. The molecule has 3 fully saturated rings. The first kappa shape index (κ1) is 36.5. The number of benzene rings is 3. The van der Waals surface area contributed by atoms with Gasteiger partial charge in [-0.3, -0.25) is 14.6 Å². The standard InChI is InChI=1S/C37H41F6N5O3/c1-51-33-9-5-8-29(22-33)44-35(50)47-12-10-31(24-47)46-16-14-45(15-17-46)30-11-13-48(32(23-30)18-25-6-3-2-4-7-25)34(49)26-19-27(36(38,39)40)21-28(20-26)37(41,42)43/h2-9,19-22,30-32H,10-18,23-24H2,1H3,(H,44,50). The largest absolute Gasteiger partial charge is 0.497 e. The zero-order chi connectivity index (χ0) is 36.3. The highest BCUT2D eigenvalue weighted by atomic mass is 19.4. The van der Waals surface area contributed by atoms with Crippen molar-refractivity contribution in [1.29, 1.82) is 0 Å². The van der Waals surface area contributed by atoms with Gasteiger partial charge in [-0.2, -0.15) is 26.3 Å². The average Bonchev–Trinajstić information content (AvgIpc) is 3.62. The SMILES string of the molecule is COc1cccc(NC(=O)N2CCC(N3CCN(C4CCN(C(=O)c5cc(C(F)(F)F)cc(C(F)(F)F)c5)C(Cc5ccccc5)C4)CC3)C2)c1. The van der Waals surface area contributed by atoms with Crippen molar-refractivity contribution in [2.75, 3.05) is 58.2 Å². The average molecular weight is 718 g/mol. The molecular weight excluding hydrogens is 676 g/mol. The number of piperidine rings is 1. The molecule has 3 saturated heterocycles. The number of anilines is 1. The molecule has 8 nitrogen and oxygen atoms in total. The number of likely N-dealkylation sites (tertiary alicyclic amines) is 2. The van der Waals surface area contributed by atoms with Gasteiger partial charge in [-0.15, -0.1) is 0 Å². The summed E-state index contributed by atoms with van der Waals surface area (Å²) in [6.45, 7) is 4.59. The molecule has 14 heteroatoms. The second kappa shape index (κ2) is 15.1. The third-order valence-corrected chi connectivity index (χ3v) is 10.3. The predicted molar refractivity (Wildman–Crippen MR) is 180 cm³/mol. The number of nitrogens with zero attached hydrogens (tertiary/aromatic N) is 4. The number of methoxy groups -OCH3 is 1. The van der Waals surface area contributed by atoms with Crippen molar-refractivity contribution in [1.82, 2.24) is 19.6 Å². The molecule has 51 heavy (non-hydrogen) atoms. The lowest BCUT2D eigenvalue weighted by atomic mass is 9.90. The Labute approximate surface area is 292 Å². The van der Waals surface area contributed by atoms with E-state index >= 15 is 0 Å². The van der Waals surface area contributed by atoms with Crippen LogP contribution in [0.25, 0.3) is 0 Å². The van der Waals surface area contributed by atoms with E-state index in [2.05, 4.69) is 15.1 Å². The number of carbonyl (C=O) groups excluding carboxylic acids is 2. The van der Waals surface area contributed by atoms with Crippen molar-refractivity contribution in [3.63, 3.8) is 0 Å². The van der Waals surface area contributed by atoms with E-state index in [1.807, 2.05) is 53.4 Å². The van der Waals surface area contributed by atoms with Crippen LogP contribution in [0.5, 0.6) is 5.75 Å². The smallest absolute Gasteiger partial charge is 0.416 e. The summed E-state index contributed by atoms with van der Waals surface area (Å²) in [6, 6.07) is 17.4. The van der Waals surface area contributed by atoms with Crippen molar-refractivity contribution >= 4 is 17.6 Å². The molecule has 0 bridgehead atoms. The molecule has 1 N–H and O–H groups in total. The van der Waals surface area contributed by atoms with Crippen LogP contribution in [-0.2, 0) is 18.8 Å². The zero-order valence-corrected chi connectivity index (χ0v) is 28.2. The lowest BCUT2D eigenvalue weighted by Crippen LogP contribution is -2.58. The summed E-state index contributed by atoms with van der Waals surface area (Å²) in [7, 11) is 1.57. The van der Waals surface area contributed by atoms with E-state index < -0.39 is 41.0 Å². The number of alkyl halides is 6. The summed E-state index contributed by atoms with van der Waals surface area (Å²) in [4.78, 5) is 34.8. The molecule has 6 rings (SSSR count). The van der Waals surface area contributed by atoms with Crippen molar-refractivity contribution in [3.8, 4) is 5.75 Å². The fourth-order valence-electron chi connectivity index (χ4n) is 7.55. The lowest BCUT2D eigenvalue weighted by molar-refractivity contribution is -0.143. The Morgan fingerprint density at radius 1 is 0.765 bits per heavy atom. The Morgan fingerprint density at radius 2 is 1.39 bits per heavy atom. The minimum absolute atomic E-state index is 0.0460. The number of hydrogen-bond acceptors (Lipinski definition) is 5. The van der Waals surface area contributed by atoms with E-state index in [1.54, 1.807) is 13.2 Å². The van der Waals surface area contributed by atoms with Gasteiger partial charge in [0.25, 0.3) is 5.91 Å². The predicted octanol–water partition coefficient (Wildman–Crippen LogP) is 6.87. The number of amides is 3. The molecule has 3 aromatic carbocycles. The molecule has 0 radical (unpaired) electrons. The van der Waals surface area contributed by atoms with Crippen LogP contribution >= 0.6 is 0 Å². The maximum absolute atomic E-state index is 13.8. The molecule has 3 amide bonds. The lowest BCUT2D eigenvalue weighted by Gasteiger charge is -2.47. The molecule has 3 aliphatic heterocycles. The van der Waals surface area contributed by atoms with Gasteiger partial charge < -0.3 is 19.9 Å². The molecule has 0 spiro atoms.